The predicted octanol–water partition coefficient (Wildman–Crippen LogP) is 2.36. The van der Waals surface area contributed by atoms with Crippen LogP contribution in [0.3, 0.4) is 0 Å². The molecule has 0 N–H and O–H groups in total. The summed E-state index contributed by atoms with van der Waals surface area (Å²) < 4.78 is 10.1. The van der Waals surface area contributed by atoms with Crippen LogP contribution in [0.2, 0.25) is 0 Å². The van der Waals surface area contributed by atoms with Crippen LogP contribution in [0, 0.1) is 6.92 Å². The summed E-state index contributed by atoms with van der Waals surface area (Å²) in [6, 6.07) is 10.4. The average Bonchev–Trinajstić information content (AvgIpc) is 2.91. The third-order valence-electron chi connectivity index (χ3n) is 3.29. The van der Waals surface area contributed by atoms with Crippen molar-refractivity contribution in [2.24, 2.45) is 0 Å². The van der Waals surface area contributed by atoms with Crippen LogP contribution in [-0.2, 0) is 6.54 Å². The van der Waals surface area contributed by atoms with E-state index in [4.69, 9.17) is 8.94 Å². The lowest BCUT2D eigenvalue weighted by atomic mass is 10.1. The van der Waals surface area contributed by atoms with Gasteiger partial charge >= 0.3 is 5.63 Å². The molecule has 3 aromatic rings. The fourth-order valence-electron chi connectivity index (χ4n) is 2.22. The zero-order valence-electron chi connectivity index (χ0n) is 12.2. The lowest BCUT2D eigenvalue weighted by Gasteiger charge is -2.14. The van der Waals surface area contributed by atoms with E-state index in [1.807, 2.05) is 6.07 Å². The van der Waals surface area contributed by atoms with Gasteiger partial charge in [0.05, 0.1) is 6.54 Å². The van der Waals surface area contributed by atoms with Crippen LogP contribution >= 0.6 is 0 Å². The van der Waals surface area contributed by atoms with Gasteiger partial charge in [-0.15, -0.1) is 0 Å². The number of aromatic nitrogens is 1. The Kier molecular flexibility index (Phi) is 3.50. The fourth-order valence-corrected chi connectivity index (χ4v) is 2.22. The maximum atomic E-state index is 12.4. The summed E-state index contributed by atoms with van der Waals surface area (Å²) >= 11 is 0. The highest BCUT2D eigenvalue weighted by atomic mass is 16.5. The molecule has 0 aliphatic carbocycles. The van der Waals surface area contributed by atoms with E-state index in [9.17, 15) is 9.59 Å². The number of carbonyl (C=O) groups excluding carboxylic acids is 1. The Morgan fingerprint density at radius 3 is 2.77 bits per heavy atom. The summed E-state index contributed by atoms with van der Waals surface area (Å²) in [5.41, 5.74) is 0.436. The fraction of sp³-hybridized carbons (Fsp3) is 0.188. The molecule has 0 spiro atoms. The van der Waals surface area contributed by atoms with Crippen molar-refractivity contribution < 1.29 is 13.7 Å². The number of para-hydroxylation sites is 1. The Morgan fingerprint density at radius 1 is 1.27 bits per heavy atom. The van der Waals surface area contributed by atoms with Gasteiger partial charge in [0.1, 0.15) is 22.6 Å². The molecule has 2 aromatic heterocycles. The lowest BCUT2D eigenvalue weighted by molar-refractivity contribution is 0.0778. The van der Waals surface area contributed by atoms with Crippen molar-refractivity contribution in [2.75, 3.05) is 7.05 Å². The van der Waals surface area contributed by atoms with Crippen LogP contribution in [0.25, 0.3) is 11.0 Å². The lowest BCUT2D eigenvalue weighted by Crippen LogP contribution is -2.30. The molecule has 0 unspecified atom stereocenters. The smallest absolute Gasteiger partial charge is 0.349 e. The normalized spacial score (nSPS) is 10.8. The Morgan fingerprint density at radius 2 is 2.05 bits per heavy atom. The molecular formula is C16H14N2O4. The van der Waals surface area contributed by atoms with Crippen LogP contribution in [-0.4, -0.2) is 23.0 Å². The van der Waals surface area contributed by atoms with Gasteiger partial charge in [0, 0.05) is 18.5 Å². The molecule has 3 rings (SSSR count). The largest absolute Gasteiger partial charge is 0.422 e. The zero-order valence-corrected chi connectivity index (χ0v) is 12.2. The van der Waals surface area contributed by atoms with Crippen LogP contribution in [0.5, 0.6) is 0 Å². The second-order valence-corrected chi connectivity index (χ2v) is 5.08. The molecular weight excluding hydrogens is 284 g/mol. The van der Waals surface area contributed by atoms with E-state index >= 15 is 0 Å². The molecule has 1 aromatic carbocycles. The number of hydrogen-bond donors (Lipinski definition) is 0. The van der Waals surface area contributed by atoms with Crippen molar-refractivity contribution >= 4 is 16.9 Å². The molecule has 0 aliphatic rings. The number of rotatable bonds is 3. The van der Waals surface area contributed by atoms with E-state index < -0.39 is 11.5 Å². The van der Waals surface area contributed by atoms with E-state index in [1.54, 1.807) is 44.3 Å². The van der Waals surface area contributed by atoms with Gasteiger partial charge in [0.2, 0.25) is 0 Å². The molecule has 0 saturated carbocycles. The molecule has 2 heterocycles. The minimum absolute atomic E-state index is 0.00131. The van der Waals surface area contributed by atoms with Gasteiger partial charge in [-0.25, -0.2) is 4.79 Å². The van der Waals surface area contributed by atoms with E-state index in [0.29, 0.717) is 22.4 Å². The first-order chi connectivity index (χ1) is 10.5. The van der Waals surface area contributed by atoms with Gasteiger partial charge in [0.25, 0.3) is 5.91 Å². The molecule has 0 aliphatic heterocycles. The highest BCUT2D eigenvalue weighted by Crippen LogP contribution is 2.14. The second kappa shape index (κ2) is 5.48. The van der Waals surface area contributed by atoms with Crippen molar-refractivity contribution in [1.29, 1.82) is 0 Å². The van der Waals surface area contributed by atoms with Crippen molar-refractivity contribution in [1.82, 2.24) is 10.1 Å². The number of benzene rings is 1. The van der Waals surface area contributed by atoms with Crippen molar-refractivity contribution in [3.05, 3.63) is 63.8 Å². The summed E-state index contributed by atoms with van der Waals surface area (Å²) in [6.45, 7) is 2.03. The summed E-state index contributed by atoms with van der Waals surface area (Å²) in [5.74, 6) is 0.251. The topological polar surface area (TPSA) is 76.6 Å². The first kappa shape index (κ1) is 14.1. The second-order valence-electron chi connectivity index (χ2n) is 5.08. The van der Waals surface area contributed by atoms with E-state index in [0.717, 1.165) is 0 Å². The van der Waals surface area contributed by atoms with Crippen molar-refractivity contribution in [3.63, 3.8) is 0 Å². The zero-order chi connectivity index (χ0) is 15.7. The van der Waals surface area contributed by atoms with Crippen LogP contribution in [0.4, 0.5) is 0 Å². The highest BCUT2D eigenvalue weighted by molar-refractivity contribution is 5.96. The standard InChI is InChI=1S/C16H14N2O4/c1-10-7-12(17-22-10)9-18(2)15(19)13-8-11-5-3-4-6-14(11)21-16(13)20/h3-8H,9H2,1-2H3. The van der Waals surface area contributed by atoms with Crippen LogP contribution in [0.1, 0.15) is 21.8 Å². The van der Waals surface area contributed by atoms with Gasteiger partial charge in [-0.1, -0.05) is 23.4 Å². The molecule has 0 saturated heterocycles. The van der Waals surface area contributed by atoms with Crippen molar-refractivity contribution in [3.8, 4) is 0 Å². The summed E-state index contributed by atoms with van der Waals surface area (Å²) in [5, 5.41) is 4.54. The average molecular weight is 298 g/mol. The number of fused-ring (bicyclic) bond motifs is 1. The third-order valence-corrected chi connectivity index (χ3v) is 3.29. The molecule has 6 nitrogen and oxygen atoms in total. The molecule has 0 radical (unpaired) electrons. The molecule has 0 bridgehead atoms. The number of carbonyl (C=O) groups is 1. The first-order valence-corrected chi connectivity index (χ1v) is 6.75. The highest BCUT2D eigenvalue weighted by Gasteiger charge is 2.19. The Hall–Kier alpha value is -2.89. The van der Waals surface area contributed by atoms with Crippen LogP contribution in [0.15, 0.2) is 50.1 Å². The molecule has 22 heavy (non-hydrogen) atoms. The maximum absolute atomic E-state index is 12.4. The van der Waals surface area contributed by atoms with Gasteiger partial charge in [-0.2, -0.15) is 0 Å². The molecule has 0 fully saturated rings. The Balaban J connectivity index is 1.91. The van der Waals surface area contributed by atoms with E-state index in [-0.39, 0.29) is 12.1 Å². The monoisotopic (exact) mass is 298 g/mol. The van der Waals surface area contributed by atoms with Gasteiger partial charge in [-0.3, -0.25) is 4.79 Å². The number of hydrogen-bond acceptors (Lipinski definition) is 5. The molecule has 6 heteroatoms. The minimum Gasteiger partial charge on any atom is -0.422 e. The molecule has 0 atom stereocenters. The number of amides is 1. The minimum atomic E-state index is -0.646. The molecule has 112 valence electrons. The summed E-state index contributed by atoms with van der Waals surface area (Å²) in [6.07, 6.45) is 0. The summed E-state index contributed by atoms with van der Waals surface area (Å²) in [4.78, 5) is 25.8. The quantitative estimate of drug-likeness (QED) is 0.694. The summed E-state index contributed by atoms with van der Waals surface area (Å²) in [7, 11) is 1.60. The Labute approximate surface area is 125 Å². The predicted molar refractivity (Wildman–Crippen MR) is 79.5 cm³/mol. The molecule has 1 amide bonds. The number of nitrogens with zero attached hydrogens (tertiary/aromatic N) is 2. The van der Waals surface area contributed by atoms with Gasteiger partial charge in [-0.05, 0) is 19.1 Å². The first-order valence-electron chi connectivity index (χ1n) is 6.75. The Bertz CT molecular complexity index is 894. The number of aryl methyl sites for hydroxylation is 1. The third kappa shape index (κ3) is 2.63. The van der Waals surface area contributed by atoms with Gasteiger partial charge < -0.3 is 13.8 Å². The van der Waals surface area contributed by atoms with E-state index in [1.165, 1.54) is 4.90 Å². The SMILES string of the molecule is Cc1cc(CN(C)C(=O)c2cc3ccccc3oc2=O)no1. The van der Waals surface area contributed by atoms with E-state index in [2.05, 4.69) is 5.16 Å². The van der Waals surface area contributed by atoms with Gasteiger partial charge in [0.15, 0.2) is 0 Å². The van der Waals surface area contributed by atoms with Crippen molar-refractivity contribution in [2.45, 2.75) is 13.5 Å². The van der Waals surface area contributed by atoms with Crippen LogP contribution < -0.4 is 5.63 Å². The maximum Gasteiger partial charge on any atom is 0.349 e.